The van der Waals surface area contributed by atoms with Gasteiger partial charge in [0.2, 0.25) is 10.0 Å². The number of hydrogen-bond donors (Lipinski definition) is 3. The Balaban J connectivity index is 1.94. The van der Waals surface area contributed by atoms with Crippen LogP contribution in [0.3, 0.4) is 0 Å². The van der Waals surface area contributed by atoms with Gasteiger partial charge in [0.25, 0.3) is 0 Å². The number of benzene rings is 1. The van der Waals surface area contributed by atoms with Crippen molar-refractivity contribution in [3.8, 4) is 0 Å². The number of allylic oxidation sites excluding steroid dienone is 2. The maximum atomic E-state index is 12.6. The molecule has 144 valence electrons. The van der Waals surface area contributed by atoms with Crippen LogP contribution >= 0.6 is 0 Å². The van der Waals surface area contributed by atoms with Crippen LogP contribution in [-0.2, 0) is 14.8 Å². The Morgan fingerprint density at radius 1 is 1.23 bits per heavy atom. The van der Waals surface area contributed by atoms with Gasteiger partial charge in [-0.25, -0.2) is 13.1 Å². The van der Waals surface area contributed by atoms with Crippen molar-refractivity contribution in [2.75, 3.05) is 0 Å². The molecular weight excluding hydrogens is 354 g/mol. The molecule has 0 saturated heterocycles. The van der Waals surface area contributed by atoms with Crippen LogP contribution in [0, 0.1) is 12.8 Å². The zero-order valence-electron chi connectivity index (χ0n) is 15.0. The van der Waals surface area contributed by atoms with Crippen molar-refractivity contribution in [3.05, 3.63) is 42.0 Å². The summed E-state index contributed by atoms with van der Waals surface area (Å²) in [5.41, 5.74) is 0.992. The Hall–Kier alpha value is -1.70. The Kier molecular flexibility index (Phi) is 7.37. The quantitative estimate of drug-likeness (QED) is 0.451. The number of hydrogen-bond acceptors (Lipinski definition) is 4. The first-order valence-electron chi connectivity index (χ1n) is 8.93. The molecule has 1 aliphatic rings. The van der Waals surface area contributed by atoms with Crippen molar-refractivity contribution in [2.45, 2.75) is 62.5 Å². The predicted octanol–water partition coefficient (Wildman–Crippen LogP) is 2.61. The first-order valence-corrected chi connectivity index (χ1v) is 10.4. The van der Waals surface area contributed by atoms with Crippen LogP contribution in [0.4, 0.5) is 0 Å². The summed E-state index contributed by atoms with van der Waals surface area (Å²) < 4.78 is 27.9. The van der Waals surface area contributed by atoms with Crippen LogP contribution in [0.2, 0.25) is 0 Å². The van der Waals surface area contributed by atoms with Gasteiger partial charge in [0.1, 0.15) is 0 Å². The molecule has 1 aliphatic carbocycles. The highest BCUT2D eigenvalue weighted by molar-refractivity contribution is 7.89. The van der Waals surface area contributed by atoms with E-state index in [9.17, 15) is 18.3 Å². The summed E-state index contributed by atoms with van der Waals surface area (Å²) in [7, 11) is -3.62. The lowest BCUT2D eigenvalue weighted by Gasteiger charge is -2.22. The van der Waals surface area contributed by atoms with Gasteiger partial charge in [0, 0.05) is 18.4 Å². The maximum absolute atomic E-state index is 12.6. The zero-order valence-corrected chi connectivity index (χ0v) is 15.8. The number of carboxylic acids is 1. The van der Waals surface area contributed by atoms with Gasteiger partial charge < -0.3 is 10.2 Å². The number of aryl methyl sites for hydroxylation is 1. The molecule has 1 fully saturated rings. The number of carboxylic acid groups (broad SMARTS) is 1. The number of aliphatic hydroxyl groups is 1. The molecule has 0 spiro atoms. The summed E-state index contributed by atoms with van der Waals surface area (Å²) in [6.07, 6.45) is 6.38. The summed E-state index contributed by atoms with van der Waals surface area (Å²) in [6.45, 7) is 1.90. The number of nitrogens with one attached hydrogen (secondary N) is 1. The molecule has 7 heteroatoms. The van der Waals surface area contributed by atoms with Gasteiger partial charge >= 0.3 is 5.97 Å². The lowest BCUT2D eigenvalue weighted by molar-refractivity contribution is -0.137. The number of carbonyl (C=O) groups is 1. The predicted molar refractivity (Wildman–Crippen MR) is 99.3 cm³/mol. The minimum absolute atomic E-state index is 0.134. The van der Waals surface area contributed by atoms with E-state index in [1.807, 2.05) is 19.1 Å². The minimum atomic E-state index is -3.62. The van der Waals surface area contributed by atoms with E-state index in [-0.39, 0.29) is 23.3 Å². The smallest absolute Gasteiger partial charge is 0.303 e. The van der Waals surface area contributed by atoms with E-state index < -0.39 is 22.1 Å². The van der Waals surface area contributed by atoms with Gasteiger partial charge in [0.05, 0.1) is 11.0 Å². The van der Waals surface area contributed by atoms with Crippen LogP contribution in [0.15, 0.2) is 41.3 Å². The molecule has 2 rings (SSSR count). The fourth-order valence-electron chi connectivity index (χ4n) is 3.24. The van der Waals surface area contributed by atoms with E-state index in [1.165, 1.54) is 0 Å². The van der Waals surface area contributed by atoms with E-state index in [4.69, 9.17) is 5.11 Å². The third-order valence-electron chi connectivity index (χ3n) is 4.76. The van der Waals surface area contributed by atoms with Gasteiger partial charge in [-0.05, 0) is 51.2 Å². The van der Waals surface area contributed by atoms with Gasteiger partial charge in [-0.1, -0.05) is 29.8 Å². The second kappa shape index (κ2) is 9.30. The highest BCUT2D eigenvalue weighted by atomic mass is 32.2. The van der Waals surface area contributed by atoms with Gasteiger partial charge in [-0.2, -0.15) is 0 Å². The van der Waals surface area contributed by atoms with Crippen LogP contribution in [0.5, 0.6) is 0 Å². The van der Waals surface area contributed by atoms with Gasteiger partial charge in [-0.3, -0.25) is 4.79 Å². The molecule has 1 aromatic rings. The molecule has 0 aliphatic heterocycles. The third-order valence-corrected chi connectivity index (χ3v) is 6.26. The summed E-state index contributed by atoms with van der Waals surface area (Å²) in [6, 6.07) is 6.38. The normalized spacial score (nSPS) is 23.5. The third kappa shape index (κ3) is 5.93. The Labute approximate surface area is 155 Å². The number of aliphatic carboxylic acids is 1. The fourth-order valence-corrected chi connectivity index (χ4v) is 4.56. The molecule has 0 unspecified atom stereocenters. The van der Waals surface area contributed by atoms with Crippen molar-refractivity contribution in [1.29, 1.82) is 0 Å². The fraction of sp³-hybridized carbons (Fsp3) is 0.526. The topological polar surface area (TPSA) is 104 Å². The number of sulfonamides is 1. The summed E-state index contributed by atoms with van der Waals surface area (Å²) in [5, 5.41) is 18.8. The van der Waals surface area contributed by atoms with Crippen LogP contribution in [0.25, 0.3) is 0 Å². The van der Waals surface area contributed by atoms with E-state index in [0.717, 1.165) is 5.56 Å². The average molecular weight is 381 g/mol. The number of rotatable bonds is 9. The molecule has 1 saturated carbocycles. The zero-order chi connectivity index (χ0) is 19.2. The number of unbranched alkanes of at least 4 members (excludes halogenated alkanes) is 1. The van der Waals surface area contributed by atoms with Crippen molar-refractivity contribution in [2.24, 2.45) is 5.92 Å². The minimum Gasteiger partial charge on any atom is -0.481 e. The molecule has 3 N–H and O–H groups in total. The Bertz CT molecular complexity index is 727. The Morgan fingerprint density at radius 2 is 1.92 bits per heavy atom. The van der Waals surface area contributed by atoms with Crippen LogP contribution < -0.4 is 4.72 Å². The molecule has 26 heavy (non-hydrogen) atoms. The molecule has 1 aromatic carbocycles. The first kappa shape index (κ1) is 20.6. The standard InChI is InChI=1S/C19H27NO5S/c1-14-8-10-15(11-9-14)26(24,25)20-17-12-13-18(21)16(17)6-4-2-3-5-7-19(22)23/h2,4,8-11,16-18,20-21H,3,5-7,12-13H2,1H3,(H,22,23)/b4-2-/t16-,17+,18+/m1/s1. The Morgan fingerprint density at radius 3 is 2.58 bits per heavy atom. The van der Waals surface area contributed by atoms with Crippen LogP contribution in [0.1, 0.15) is 44.1 Å². The summed E-state index contributed by atoms with van der Waals surface area (Å²) in [4.78, 5) is 10.7. The molecule has 0 amide bonds. The first-order chi connectivity index (χ1) is 12.3. The molecule has 0 radical (unpaired) electrons. The molecule has 0 aromatic heterocycles. The molecular formula is C19H27NO5S. The van der Waals surface area contributed by atoms with Crippen molar-refractivity contribution < 1.29 is 23.4 Å². The monoisotopic (exact) mass is 381 g/mol. The van der Waals surface area contributed by atoms with Crippen molar-refractivity contribution in [1.82, 2.24) is 4.72 Å². The average Bonchev–Trinajstić information content (AvgIpc) is 2.90. The highest BCUT2D eigenvalue weighted by Crippen LogP contribution is 2.30. The lowest BCUT2D eigenvalue weighted by Crippen LogP contribution is -2.39. The summed E-state index contributed by atoms with van der Waals surface area (Å²) >= 11 is 0. The lowest BCUT2D eigenvalue weighted by atomic mass is 9.98. The number of aliphatic hydroxyl groups excluding tert-OH is 1. The van der Waals surface area contributed by atoms with Crippen molar-refractivity contribution in [3.63, 3.8) is 0 Å². The van der Waals surface area contributed by atoms with Crippen molar-refractivity contribution >= 4 is 16.0 Å². The maximum Gasteiger partial charge on any atom is 0.303 e. The van der Waals surface area contributed by atoms with E-state index >= 15 is 0 Å². The van der Waals surface area contributed by atoms with Crippen LogP contribution in [-0.4, -0.2) is 36.7 Å². The van der Waals surface area contributed by atoms with E-state index in [1.54, 1.807) is 24.3 Å². The van der Waals surface area contributed by atoms with Gasteiger partial charge in [0.15, 0.2) is 0 Å². The van der Waals surface area contributed by atoms with E-state index in [0.29, 0.717) is 32.1 Å². The molecule has 6 nitrogen and oxygen atoms in total. The largest absolute Gasteiger partial charge is 0.481 e. The second-order valence-electron chi connectivity index (χ2n) is 6.84. The molecule has 3 atom stereocenters. The second-order valence-corrected chi connectivity index (χ2v) is 8.56. The van der Waals surface area contributed by atoms with Gasteiger partial charge in [-0.15, -0.1) is 0 Å². The molecule has 0 bridgehead atoms. The van der Waals surface area contributed by atoms with E-state index in [2.05, 4.69) is 4.72 Å². The SMILES string of the molecule is Cc1ccc(S(=O)(=O)N[C@H]2CC[C@H](O)[C@@H]2C/C=C\CCCC(=O)O)cc1. The highest BCUT2D eigenvalue weighted by Gasteiger charge is 2.36. The molecule has 0 heterocycles. The summed E-state index contributed by atoms with van der Waals surface area (Å²) in [5.74, 6) is -0.985.